The molecule has 5 aliphatic carbocycles. The summed E-state index contributed by atoms with van der Waals surface area (Å²) in [6, 6.07) is 3.46. The molecule has 8 atom stereocenters. The molecule has 210 valence electrons. The van der Waals surface area contributed by atoms with Crippen LogP contribution in [0.25, 0.3) is 0 Å². The van der Waals surface area contributed by atoms with E-state index in [1.807, 2.05) is 0 Å². The van der Waals surface area contributed by atoms with E-state index in [2.05, 4.69) is 37.6 Å². The molecule has 5 saturated carbocycles. The number of carbonyl (C=O) groups is 1. The number of aliphatic hydroxyl groups is 1. The molecule has 7 unspecified atom stereocenters. The maximum absolute atomic E-state index is 12.3. The first-order valence-corrected chi connectivity index (χ1v) is 16.3. The number of rotatable bonds is 7. The predicted molar refractivity (Wildman–Crippen MR) is 153 cm³/mol. The number of aryl methyl sites for hydroxylation is 1. The van der Waals surface area contributed by atoms with Gasteiger partial charge in [-0.15, -0.1) is 0 Å². The summed E-state index contributed by atoms with van der Waals surface area (Å²) in [4.78, 5) is 17.0. The Morgan fingerprint density at radius 1 is 1.03 bits per heavy atom. The summed E-state index contributed by atoms with van der Waals surface area (Å²) in [7, 11) is 0. The number of carbonyl (C=O) groups excluding carboxylic acids is 1. The highest BCUT2D eigenvalue weighted by atomic mass is 16.3. The van der Waals surface area contributed by atoms with Crippen LogP contribution < -0.4 is 5.32 Å². The van der Waals surface area contributed by atoms with E-state index in [9.17, 15) is 9.90 Å². The summed E-state index contributed by atoms with van der Waals surface area (Å²) in [5.41, 5.74) is 3.12. The van der Waals surface area contributed by atoms with Gasteiger partial charge >= 0.3 is 0 Å². The predicted octanol–water partition coefficient (Wildman–Crippen LogP) is 7.34. The Morgan fingerprint density at radius 2 is 1.87 bits per heavy atom. The molecule has 0 radical (unpaired) electrons. The average Bonchev–Trinajstić information content (AvgIpc) is 3.28. The van der Waals surface area contributed by atoms with Crippen LogP contribution in [0.5, 0.6) is 0 Å². The number of nitrogens with zero attached hydrogens (tertiary/aromatic N) is 1. The van der Waals surface area contributed by atoms with Crippen LogP contribution in [0.3, 0.4) is 0 Å². The number of Topliss-reactive ketones (excluding diaryl/α,β-unsaturated/α-hetero) is 1. The van der Waals surface area contributed by atoms with Crippen molar-refractivity contribution in [2.45, 2.75) is 141 Å². The van der Waals surface area contributed by atoms with Gasteiger partial charge in [0.2, 0.25) is 0 Å². The fourth-order valence-corrected chi connectivity index (χ4v) is 10.5. The van der Waals surface area contributed by atoms with Crippen LogP contribution in [0.2, 0.25) is 0 Å². The van der Waals surface area contributed by atoms with Gasteiger partial charge in [-0.3, -0.25) is 9.78 Å². The van der Waals surface area contributed by atoms with Crippen molar-refractivity contribution in [1.29, 1.82) is 0 Å². The zero-order valence-corrected chi connectivity index (χ0v) is 24.1. The first kappa shape index (κ1) is 26.9. The topological polar surface area (TPSA) is 62.2 Å². The minimum Gasteiger partial charge on any atom is -0.393 e. The van der Waals surface area contributed by atoms with Crippen LogP contribution in [0.1, 0.15) is 134 Å². The Bertz CT molecular complexity index is 988. The normalized spacial score (nSPS) is 40.3. The van der Waals surface area contributed by atoms with Gasteiger partial charge in [-0.05, 0) is 123 Å². The summed E-state index contributed by atoms with van der Waals surface area (Å²) in [6.45, 7) is 4.82. The molecule has 0 spiro atoms. The molecule has 5 aliphatic rings. The molecule has 4 nitrogen and oxygen atoms in total. The smallest absolute Gasteiger partial charge is 0.133 e. The molecule has 0 saturated heterocycles. The number of hydrogen-bond acceptors (Lipinski definition) is 4. The maximum atomic E-state index is 12.3. The molecule has 0 aromatic carbocycles. The molecule has 0 aliphatic heterocycles. The molecular weight excluding hydrogens is 468 g/mol. The Morgan fingerprint density at radius 3 is 2.68 bits per heavy atom. The largest absolute Gasteiger partial charge is 0.393 e. The molecule has 38 heavy (non-hydrogen) atoms. The summed E-state index contributed by atoms with van der Waals surface area (Å²) >= 11 is 0. The number of nitrogens with one attached hydrogen (secondary N) is 1. The van der Waals surface area contributed by atoms with Crippen LogP contribution in [0, 0.1) is 34.5 Å². The minimum absolute atomic E-state index is 0.0787. The van der Waals surface area contributed by atoms with Crippen molar-refractivity contribution in [3.63, 3.8) is 0 Å². The monoisotopic (exact) mass is 520 g/mol. The van der Waals surface area contributed by atoms with Crippen molar-refractivity contribution >= 4 is 5.78 Å². The SMILES string of the molecule is CCC(NC1CCCCC1)c1cncc(CCC23CCC4C(CCC5CC(=O)CC[C@@]54C)C2CCC3O)c1. The third-order valence-corrected chi connectivity index (χ3v) is 12.7. The first-order valence-electron chi connectivity index (χ1n) is 16.3. The van der Waals surface area contributed by atoms with Gasteiger partial charge in [0, 0.05) is 37.3 Å². The van der Waals surface area contributed by atoms with E-state index in [1.54, 1.807) is 0 Å². The second-order valence-corrected chi connectivity index (χ2v) is 14.4. The number of aromatic nitrogens is 1. The van der Waals surface area contributed by atoms with E-state index in [1.165, 1.54) is 75.3 Å². The van der Waals surface area contributed by atoms with Gasteiger partial charge in [-0.25, -0.2) is 0 Å². The van der Waals surface area contributed by atoms with Crippen molar-refractivity contribution < 1.29 is 9.90 Å². The van der Waals surface area contributed by atoms with Crippen molar-refractivity contribution in [3.8, 4) is 0 Å². The van der Waals surface area contributed by atoms with Gasteiger partial charge in [-0.1, -0.05) is 39.2 Å². The van der Waals surface area contributed by atoms with Crippen molar-refractivity contribution in [3.05, 3.63) is 29.6 Å². The van der Waals surface area contributed by atoms with E-state index in [0.29, 0.717) is 35.1 Å². The van der Waals surface area contributed by atoms with E-state index in [0.717, 1.165) is 56.8 Å². The van der Waals surface area contributed by atoms with Gasteiger partial charge in [0.05, 0.1) is 6.10 Å². The van der Waals surface area contributed by atoms with Gasteiger partial charge in [-0.2, -0.15) is 0 Å². The Balaban J connectivity index is 1.16. The lowest BCUT2D eigenvalue weighted by Gasteiger charge is -2.60. The van der Waals surface area contributed by atoms with Crippen molar-refractivity contribution in [2.24, 2.45) is 34.5 Å². The molecule has 1 aromatic rings. The van der Waals surface area contributed by atoms with E-state index < -0.39 is 0 Å². The number of fused-ring (bicyclic) bond motifs is 5. The molecular formula is C34H52N2O2. The first-order chi connectivity index (χ1) is 18.4. The quantitative estimate of drug-likeness (QED) is 0.395. The lowest BCUT2D eigenvalue weighted by atomic mass is 9.44. The zero-order valence-electron chi connectivity index (χ0n) is 24.1. The van der Waals surface area contributed by atoms with E-state index in [-0.39, 0.29) is 11.5 Å². The highest BCUT2D eigenvalue weighted by Gasteiger charge is 2.61. The summed E-state index contributed by atoms with van der Waals surface area (Å²) < 4.78 is 0. The number of pyridine rings is 1. The van der Waals surface area contributed by atoms with Crippen LogP contribution in [-0.4, -0.2) is 28.0 Å². The Hall–Kier alpha value is -1.26. The molecule has 1 heterocycles. The Labute approximate surface area is 231 Å². The highest BCUT2D eigenvalue weighted by molar-refractivity contribution is 5.79. The highest BCUT2D eigenvalue weighted by Crippen LogP contribution is 2.67. The van der Waals surface area contributed by atoms with Gasteiger partial charge in [0.1, 0.15) is 5.78 Å². The van der Waals surface area contributed by atoms with E-state index in [4.69, 9.17) is 4.98 Å². The maximum Gasteiger partial charge on any atom is 0.133 e. The second-order valence-electron chi connectivity index (χ2n) is 14.4. The minimum atomic E-state index is -0.153. The van der Waals surface area contributed by atoms with Crippen LogP contribution >= 0.6 is 0 Å². The molecule has 2 N–H and O–H groups in total. The lowest BCUT2D eigenvalue weighted by Crippen LogP contribution is -2.54. The van der Waals surface area contributed by atoms with Crippen LogP contribution in [0.4, 0.5) is 0 Å². The number of aliphatic hydroxyl groups excluding tert-OH is 1. The van der Waals surface area contributed by atoms with Gasteiger partial charge in [0.25, 0.3) is 0 Å². The molecule has 5 fully saturated rings. The summed E-state index contributed by atoms with van der Waals surface area (Å²) in [6.07, 6.45) is 23.8. The summed E-state index contributed by atoms with van der Waals surface area (Å²) in [5.74, 6) is 3.25. The third kappa shape index (κ3) is 4.80. The Kier molecular flexibility index (Phi) is 7.77. The van der Waals surface area contributed by atoms with Gasteiger partial charge in [0.15, 0.2) is 0 Å². The average molecular weight is 521 g/mol. The zero-order chi connectivity index (χ0) is 26.3. The standard InChI is InChI=1S/C34H52N2O2/c1-3-31(36-26-7-5-4-6-8-26)24-19-23(21-35-22-24)13-17-34-18-15-29-28(30(34)11-12-32(34)38)10-9-25-20-27(37)14-16-33(25,29)2/h19,21-22,25-26,28-32,36,38H,3-18,20H2,1-2H3/t25?,28?,29?,30?,31?,32?,33-,34?/m0/s1. The summed E-state index contributed by atoms with van der Waals surface area (Å²) in [5, 5.41) is 15.4. The number of ketones is 1. The second kappa shape index (κ2) is 11.0. The molecule has 0 bridgehead atoms. The van der Waals surface area contributed by atoms with Crippen molar-refractivity contribution in [1.82, 2.24) is 10.3 Å². The molecule has 1 aromatic heterocycles. The fourth-order valence-electron chi connectivity index (χ4n) is 10.5. The number of hydrogen-bond donors (Lipinski definition) is 2. The van der Waals surface area contributed by atoms with Gasteiger partial charge < -0.3 is 10.4 Å². The van der Waals surface area contributed by atoms with Crippen LogP contribution in [0.15, 0.2) is 18.5 Å². The molecule has 0 amide bonds. The molecule has 4 heteroatoms. The lowest BCUT2D eigenvalue weighted by molar-refractivity contribution is -0.144. The van der Waals surface area contributed by atoms with E-state index >= 15 is 0 Å². The third-order valence-electron chi connectivity index (χ3n) is 12.7. The van der Waals surface area contributed by atoms with Crippen LogP contribution in [-0.2, 0) is 11.2 Å². The molecule has 6 rings (SSSR count). The fraction of sp³-hybridized carbons (Fsp3) is 0.824. The van der Waals surface area contributed by atoms with Crippen molar-refractivity contribution in [2.75, 3.05) is 0 Å².